The Kier molecular flexibility index (Phi) is 9.09. The van der Waals surface area contributed by atoms with Gasteiger partial charge in [-0.3, -0.25) is 9.78 Å². The van der Waals surface area contributed by atoms with E-state index < -0.39 is 5.97 Å². The third-order valence-electron chi connectivity index (χ3n) is 7.75. The van der Waals surface area contributed by atoms with E-state index in [4.69, 9.17) is 4.74 Å². The molecule has 0 bridgehead atoms. The summed E-state index contributed by atoms with van der Waals surface area (Å²) in [4.78, 5) is 19.0. The minimum absolute atomic E-state index is 0.146. The summed E-state index contributed by atoms with van der Waals surface area (Å²) in [5.41, 5.74) is 2.14. The molecule has 1 aromatic heterocycles. The monoisotopic (exact) mass is 485 g/mol. The molecule has 6 nitrogen and oxygen atoms in total. The Hall–Kier alpha value is -1.83. The number of carbonyl (C=O) groups is 1. The van der Waals surface area contributed by atoms with E-state index >= 15 is 0 Å². The molecular formula is C27H39N3O3S. The SMILES string of the molecule is CN[C@H](CC[C@@H]1CCN(CCSC2CCCC2)C[C@@H]1C(=O)O)c1ccnc2ccc(OC)cc12. The standard InChI is InChI=1S/C27H39N3O3S/c1-28-25(22-11-13-29-26-10-8-20(33-2)17-23(22)26)9-7-19-12-14-30(18-24(19)27(31)32)15-16-34-21-5-3-4-6-21/h8,10-11,13,17,19,21,24-25,28H,3-7,9,12,14-16,18H2,1-2H3,(H,31,32)/t19-,24+,25-/m1/s1. The van der Waals surface area contributed by atoms with Gasteiger partial charge in [0.1, 0.15) is 5.75 Å². The molecule has 2 fully saturated rings. The summed E-state index contributed by atoms with van der Waals surface area (Å²) in [7, 11) is 3.66. The van der Waals surface area contributed by atoms with E-state index in [1.807, 2.05) is 31.4 Å². The number of benzene rings is 1. The fraction of sp³-hybridized carbons (Fsp3) is 0.630. The summed E-state index contributed by atoms with van der Waals surface area (Å²) >= 11 is 2.09. The highest BCUT2D eigenvalue weighted by Gasteiger charge is 2.34. The van der Waals surface area contributed by atoms with Gasteiger partial charge in [0.05, 0.1) is 18.5 Å². The second-order valence-electron chi connectivity index (χ2n) is 9.77. The van der Waals surface area contributed by atoms with Crippen molar-refractivity contribution in [2.24, 2.45) is 11.8 Å². The van der Waals surface area contributed by atoms with Crippen LogP contribution in [-0.2, 0) is 4.79 Å². The molecule has 2 heterocycles. The van der Waals surface area contributed by atoms with Gasteiger partial charge >= 0.3 is 5.97 Å². The van der Waals surface area contributed by atoms with Crippen molar-refractivity contribution in [2.75, 3.05) is 39.5 Å². The van der Waals surface area contributed by atoms with Gasteiger partial charge in [0.2, 0.25) is 0 Å². The summed E-state index contributed by atoms with van der Waals surface area (Å²) in [6.07, 6.45) is 10.1. The van der Waals surface area contributed by atoms with Crippen LogP contribution in [0.25, 0.3) is 10.9 Å². The van der Waals surface area contributed by atoms with Gasteiger partial charge in [-0.05, 0) is 81.4 Å². The number of hydrogen-bond acceptors (Lipinski definition) is 6. The highest BCUT2D eigenvalue weighted by atomic mass is 32.2. The zero-order chi connectivity index (χ0) is 23.9. The molecule has 7 heteroatoms. The van der Waals surface area contributed by atoms with E-state index in [1.165, 1.54) is 31.2 Å². The lowest BCUT2D eigenvalue weighted by molar-refractivity contribution is -0.146. The van der Waals surface area contributed by atoms with E-state index in [1.54, 1.807) is 7.11 Å². The van der Waals surface area contributed by atoms with Crippen LogP contribution < -0.4 is 10.1 Å². The number of methoxy groups -OCH3 is 1. The molecule has 2 aromatic rings. The number of hydrogen-bond donors (Lipinski definition) is 2. The molecule has 0 spiro atoms. The normalized spacial score (nSPS) is 22.8. The quantitative estimate of drug-likeness (QED) is 0.465. The van der Waals surface area contributed by atoms with E-state index in [2.05, 4.69) is 33.0 Å². The van der Waals surface area contributed by atoms with Gasteiger partial charge in [-0.15, -0.1) is 0 Å². The van der Waals surface area contributed by atoms with Crippen LogP contribution in [-0.4, -0.2) is 65.8 Å². The van der Waals surface area contributed by atoms with Gasteiger partial charge in [-0.2, -0.15) is 11.8 Å². The largest absolute Gasteiger partial charge is 0.497 e. The molecule has 1 saturated carbocycles. The van der Waals surface area contributed by atoms with E-state index in [0.717, 1.165) is 60.0 Å². The fourth-order valence-electron chi connectivity index (χ4n) is 5.71. The number of carboxylic acids is 1. The van der Waals surface area contributed by atoms with Crippen LogP contribution in [0.4, 0.5) is 0 Å². The maximum Gasteiger partial charge on any atom is 0.308 e. The van der Waals surface area contributed by atoms with Crippen molar-refractivity contribution in [3.63, 3.8) is 0 Å². The average Bonchev–Trinajstić information content (AvgIpc) is 3.38. The van der Waals surface area contributed by atoms with Gasteiger partial charge in [0.25, 0.3) is 0 Å². The van der Waals surface area contributed by atoms with Crippen molar-refractivity contribution in [1.82, 2.24) is 15.2 Å². The minimum Gasteiger partial charge on any atom is -0.497 e. The molecule has 4 rings (SSSR count). The molecule has 1 aliphatic heterocycles. The first kappa shape index (κ1) is 25.3. The lowest BCUT2D eigenvalue weighted by Gasteiger charge is -2.37. The van der Waals surface area contributed by atoms with Gasteiger partial charge in [-0.1, -0.05) is 12.8 Å². The van der Waals surface area contributed by atoms with Crippen LogP contribution in [0.5, 0.6) is 5.75 Å². The van der Waals surface area contributed by atoms with Crippen molar-refractivity contribution >= 4 is 28.6 Å². The Morgan fingerprint density at radius 1 is 1.29 bits per heavy atom. The third-order valence-corrected chi connectivity index (χ3v) is 9.11. The summed E-state index contributed by atoms with van der Waals surface area (Å²) in [6, 6.07) is 8.19. The summed E-state index contributed by atoms with van der Waals surface area (Å²) in [5, 5.41) is 15.4. The number of ether oxygens (including phenoxy) is 1. The van der Waals surface area contributed by atoms with E-state index in [0.29, 0.717) is 6.54 Å². The van der Waals surface area contributed by atoms with Crippen LogP contribution in [0.15, 0.2) is 30.5 Å². The lowest BCUT2D eigenvalue weighted by atomic mass is 9.81. The Labute approximate surface area is 207 Å². The number of nitrogens with zero attached hydrogens (tertiary/aromatic N) is 2. The van der Waals surface area contributed by atoms with Crippen molar-refractivity contribution in [1.29, 1.82) is 0 Å². The van der Waals surface area contributed by atoms with Crippen LogP contribution in [0, 0.1) is 11.8 Å². The molecule has 34 heavy (non-hydrogen) atoms. The number of fused-ring (bicyclic) bond motifs is 1. The lowest BCUT2D eigenvalue weighted by Crippen LogP contribution is -2.44. The molecule has 186 valence electrons. The topological polar surface area (TPSA) is 74.7 Å². The summed E-state index contributed by atoms with van der Waals surface area (Å²) in [6.45, 7) is 2.71. The highest BCUT2D eigenvalue weighted by Crippen LogP contribution is 2.34. The molecular weight excluding hydrogens is 446 g/mol. The highest BCUT2D eigenvalue weighted by molar-refractivity contribution is 7.99. The molecule has 3 atom stereocenters. The van der Waals surface area contributed by atoms with Crippen molar-refractivity contribution in [3.8, 4) is 5.75 Å². The number of carboxylic acid groups (broad SMARTS) is 1. The van der Waals surface area contributed by atoms with Crippen molar-refractivity contribution in [2.45, 2.75) is 56.2 Å². The van der Waals surface area contributed by atoms with Gasteiger partial charge < -0.3 is 20.1 Å². The van der Waals surface area contributed by atoms with E-state index in [-0.39, 0.29) is 17.9 Å². The molecule has 0 unspecified atom stereocenters. The molecule has 1 aromatic carbocycles. The van der Waals surface area contributed by atoms with Crippen LogP contribution in [0.1, 0.15) is 56.6 Å². The molecule has 2 N–H and O–H groups in total. The van der Waals surface area contributed by atoms with Crippen LogP contribution >= 0.6 is 11.8 Å². The first-order valence-electron chi connectivity index (χ1n) is 12.8. The fourth-order valence-corrected chi connectivity index (χ4v) is 7.08. The molecule has 2 aliphatic rings. The van der Waals surface area contributed by atoms with Crippen molar-refractivity contribution in [3.05, 3.63) is 36.0 Å². The molecule has 0 amide bonds. The van der Waals surface area contributed by atoms with Crippen molar-refractivity contribution < 1.29 is 14.6 Å². The smallest absolute Gasteiger partial charge is 0.308 e. The van der Waals surface area contributed by atoms with E-state index in [9.17, 15) is 9.90 Å². The minimum atomic E-state index is -0.641. The maximum atomic E-state index is 12.2. The number of pyridine rings is 1. The number of thioether (sulfide) groups is 1. The third kappa shape index (κ3) is 6.23. The predicted molar refractivity (Wildman–Crippen MR) is 140 cm³/mol. The summed E-state index contributed by atoms with van der Waals surface area (Å²) in [5.74, 6) is 1.24. The zero-order valence-corrected chi connectivity index (χ0v) is 21.4. The molecule has 1 saturated heterocycles. The first-order valence-corrected chi connectivity index (χ1v) is 13.8. The number of piperidine rings is 1. The predicted octanol–water partition coefficient (Wildman–Crippen LogP) is 4.98. The number of likely N-dealkylation sites (tertiary alicyclic amines) is 1. The maximum absolute atomic E-state index is 12.2. The van der Waals surface area contributed by atoms with Gasteiger partial charge in [-0.25, -0.2) is 0 Å². The molecule has 1 aliphatic carbocycles. The Balaban J connectivity index is 1.36. The number of nitrogens with one attached hydrogen (secondary N) is 1. The Bertz CT molecular complexity index is 950. The number of rotatable bonds is 11. The summed E-state index contributed by atoms with van der Waals surface area (Å²) < 4.78 is 5.43. The number of aromatic nitrogens is 1. The Morgan fingerprint density at radius 3 is 2.85 bits per heavy atom. The van der Waals surface area contributed by atoms with Crippen LogP contribution in [0.2, 0.25) is 0 Å². The second-order valence-corrected chi connectivity index (χ2v) is 11.2. The first-order chi connectivity index (χ1) is 16.6. The van der Waals surface area contributed by atoms with Gasteiger partial charge in [0, 0.05) is 41.7 Å². The Morgan fingerprint density at radius 2 is 2.12 bits per heavy atom. The zero-order valence-electron chi connectivity index (χ0n) is 20.5. The average molecular weight is 486 g/mol. The molecule has 0 radical (unpaired) electrons. The number of aliphatic carboxylic acids is 1. The second kappa shape index (κ2) is 12.2. The van der Waals surface area contributed by atoms with Gasteiger partial charge in [0.15, 0.2) is 0 Å². The van der Waals surface area contributed by atoms with Crippen LogP contribution in [0.3, 0.4) is 0 Å².